The Labute approximate surface area is 213 Å². The monoisotopic (exact) mass is 507 g/mol. The zero-order chi connectivity index (χ0) is 25.5. The molecule has 10 heteroatoms. The fourth-order valence-corrected chi connectivity index (χ4v) is 3.94. The number of anilines is 3. The third kappa shape index (κ3) is 6.59. The lowest BCUT2D eigenvalue weighted by Crippen LogP contribution is -2.30. The summed E-state index contributed by atoms with van der Waals surface area (Å²) in [6, 6.07) is 14.5. The highest BCUT2D eigenvalue weighted by molar-refractivity contribution is 6.30. The zero-order valence-corrected chi connectivity index (χ0v) is 20.5. The van der Waals surface area contributed by atoms with Gasteiger partial charge in [0.15, 0.2) is 0 Å². The highest BCUT2D eigenvalue weighted by Crippen LogP contribution is 2.24. The van der Waals surface area contributed by atoms with Gasteiger partial charge in [0.25, 0.3) is 11.8 Å². The molecule has 1 saturated heterocycles. The van der Waals surface area contributed by atoms with Crippen molar-refractivity contribution >= 4 is 46.5 Å². The van der Waals surface area contributed by atoms with Crippen molar-refractivity contribution in [2.24, 2.45) is 0 Å². The van der Waals surface area contributed by atoms with E-state index in [9.17, 15) is 14.4 Å². The second-order valence-corrected chi connectivity index (χ2v) is 8.73. The van der Waals surface area contributed by atoms with Gasteiger partial charge in [-0.3, -0.25) is 19.3 Å². The lowest BCUT2D eigenvalue weighted by molar-refractivity contribution is -0.117. The quantitative estimate of drug-likeness (QED) is 0.419. The number of amides is 3. The molecule has 0 saturated carbocycles. The number of pyridine rings is 1. The number of methoxy groups -OCH3 is 1. The Morgan fingerprint density at radius 3 is 2.36 bits per heavy atom. The minimum Gasteiger partial charge on any atom is -0.497 e. The van der Waals surface area contributed by atoms with Crippen LogP contribution in [-0.2, 0) is 4.79 Å². The van der Waals surface area contributed by atoms with Crippen LogP contribution < -0.4 is 20.7 Å². The first-order chi connectivity index (χ1) is 17.4. The normalized spacial score (nSPS) is 13.2. The first-order valence-electron chi connectivity index (χ1n) is 11.5. The molecule has 36 heavy (non-hydrogen) atoms. The number of hydrogen-bond acceptors (Lipinski definition) is 6. The fourth-order valence-electron chi connectivity index (χ4n) is 3.82. The Morgan fingerprint density at radius 1 is 0.944 bits per heavy atom. The van der Waals surface area contributed by atoms with E-state index in [1.165, 1.54) is 19.4 Å². The van der Waals surface area contributed by atoms with Crippen LogP contribution in [0.1, 0.15) is 33.6 Å². The second-order valence-electron chi connectivity index (χ2n) is 8.29. The second kappa shape index (κ2) is 11.7. The summed E-state index contributed by atoms with van der Waals surface area (Å²) in [5.74, 6) is -0.204. The Balaban J connectivity index is 1.43. The van der Waals surface area contributed by atoms with Crippen LogP contribution >= 0.6 is 11.6 Å². The van der Waals surface area contributed by atoms with Crippen LogP contribution in [0.4, 0.5) is 17.2 Å². The van der Waals surface area contributed by atoms with Gasteiger partial charge >= 0.3 is 0 Å². The maximum Gasteiger partial charge on any atom is 0.259 e. The van der Waals surface area contributed by atoms with E-state index in [1.54, 1.807) is 48.5 Å². The summed E-state index contributed by atoms with van der Waals surface area (Å²) < 4.78 is 5.24. The molecule has 2 aromatic carbocycles. The molecule has 0 aliphatic carbocycles. The number of rotatable bonds is 8. The van der Waals surface area contributed by atoms with Crippen LogP contribution in [0.2, 0.25) is 5.02 Å². The van der Waals surface area contributed by atoms with Crippen molar-refractivity contribution < 1.29 is 19.1 Å². The maximum atomic E-state index is 12.9. The number of hydrogen-bond donors (Lipinski definition) is 3. The van der Waals surface area contributed by atoms with E-state index in [2.05, 4.69) is 25.8 Å². The summed E-state index contributed by atoms with van der Waals surface area (Å²) >= 11 is 5.85. The summed E-state index contributed by atoms with van der Waals surface area (Å²) in [7, 11) is 1.49. The number of carbonyl (C=O) groups excluding carboxylic acids is 3. The molecule has 1 aliphatic heterocycles. The molecule has 0 atom stereocenters. The summed E-state index contributed by atoms with van der Waals surface area (Å²) in [6.45, 7) is 2.23. The molecule has 1 aliphatic rings. The van der Waals surface area contributed by atoms with E-state index < -0.39 is 11.8 Å². The highest BCUT2D eigenvalue weighted by atomic mass is 35.5. The molecule has 3 amide bonds. The van der Waals surface area contributed by atoms with Crippen molar-refractivity contribution in [1.29, 1.82) is 0 Å². The summed E-state index contributed by atoms with van der Waals surface area (Å²) in [5, 5.41) is 8.75. The molecule has 3 aromatic rings. The Morgan fingerprint density at radius 2 is 1.69 bits per heavy atom. The van der Waals surface area contributed by atoms with Crippen molar-refractivity contribution in [2.75, 3.05) is 42.7 Å². The average Bonchev–Trinajstić information content (AvgIpc) is 3.39. The molecule has 1 aromatic heterocycles. The van der Waals surface area contributed by atoms with Crippen LogP contribution in [0.15, 0.2) is 60.8 Å². The number of likely N-dealkylation sites (tertiary alicyclic amines) is 1. The number of halogens is 1. The van der Waals surface area contributed by atoms with E-state index in [0.717, 1.165) is 25.9 Å². The number of benzene rings is 2. The SMILES string of the molecule is COc1ccc(NC(=O)c2ccc(NC(=O)CN3CCCC3)cc2)c(C(=O)Nc2ccc(Cl)cn2)c1. The van der Waals surface area contributed by atoms with E-state index in [4.69, 9.17) is 16.3 Å². The van der Waals surface area contributed by atoms with Gasteiger partial charge in [-0.25, -0.2) is 4.98 Å². The van der Waals surface area contributed by atoms with Crippen LogP contribution in [0.25, 0.3) is 0 Å². The van der Waals surface area contributed by atoms with Gasteiger partial charge < -0.3 is 20.7 Å². The highest BCUT2D eigenvalue weighted by Gasteiger charge is 2.18. The predicted molar refractivity (Wildman–Crippen MR) is 139 cm³/mol. The van der Waals surface area contributed by atoms with Crippen molar-refractivity contribution in [2.45, 2.75) is 12.8 Å². The van der Waals surface area contributed by atoms with Gasteiger partial charge in [-0.05, 0) is 80.5 Å². The van der Waals surface area contributed by atoms with E-state index in [-0.39, 0.29) is 11.5 Å². The molecule has 2 heterocycles. The lowest BCUT2D eigenvalue weighted by Gasteiger charge is -2.14. The Kier molecular flexibility index (Phi) is 8.14. The summed E-state index contributed by atoms with van der Waals surface area (Å²) in [5.41, 5.74) is 1.48. The number of ether oxygens (including phenoxy) is 1. The predicted octanol–water partition coefficient (Wildman–Crippen LogP) is 4.28. The molecule has 0 bridgehead atoms. The van der Waals surface area contributed by atoms with Crippen LogP contribution in [0.3, 0.4) is 0 Å². The fraction of sp³-hybridized carbons (Fsp3) is 0.231. The minimum absolute atomic E-state index is 0.0850. The molecule has 1 fully saturated rings. The topological polar surface area (TPSA) is 113 Å². The molecule has 3 N–H and O–H groups in total. The number of nitrogens with one attached hydrogen (secondary N) is 3. The van der Waals surface area contributed by atoms with Crippen molar-refractivity contribution in [3.63, 3.8) is 0 Å². The number of nitrogens with zero attached hydrogens (tertiary/aromatic N) is 2. The van der Waals surface area contributed by atoms with Gasteiger partial charge in [-0.1, -0.05) is 11.6 Å². The van der Waals surface area contributed by atoms with Crippen LogP contribution in [-0.4, -0.2) is 54.3 Å². The van der Waals surface area contributed by atoms with Crippen molar-refractivity contribution in [3.05, 3.63) is 76.9 Å². The molecule has 4 rings (SSSR count). The Bertz CT molecular complexity index is 1240. The van der Waals surface area contributed by atoms with Crippen molar-refractivity contribution in [1.82, 2.24) is 9.88 Å². The van der Waals surface area contributed by atoms with Gasteiger partial charge in [0.1, 0.15) is 11.6 Å². The minimum atomic E-state index is -0.477. The summed E-state index contributed by atoms with van der Waals surface area (Å²) in [4.78, 5) is 44.3. The third-order valence-electron chi connectivity index (χ3n) is 5.69. The largest absolute Gasteiger partial charge is 0.497 e. The molecule has 0 spiro atoms. The Hall–Kier alpha value is -3.95. The average molecular weight is 508 g/mol. The van der Waals surface area contributed by atoms with E-state index in [0.29, 0.717) is 40.1 Å². The molecule has 0 unspecified atom stereocenters. The van der Waals surface area contributed by atoms with Gasteiger partial charge in [0.05, 0.1) is 29.9 Å². The maximum absolute atomic E-state index is 12.9. The molecule has 9 nitrogen and oxygen atoms in total. The van der Waals surface area contributed by atoms with Crippen LogP contribution in [0, 0.1) is 0 Å². The zero-order valence-electron chi connectivity index (χ0n) is 19.7. The van der Waals surface area contributed by atoms with Gasteiger partial charge in [0, 0.05) is 17.4 Å². The molecule has 0 radical (unpaired) electrons. The molecular formula is C26H26ClN5O4. The molecular weight excluding hydrogens is 482 g/mol. The number of aromatic nitrogens is 1. The van der Waals surface area contributed by atoms with E-state index in [1.807, 2.05) is 0 Å². The summed E-state index contributed by atoms with van der Waals surface area (Å²) in [6.07, 6.45) is 3.66. The number of carbonyl (C=O) groups is 3. The van der Waals surface area contributed by atoms with Gasteiger partial charge in [0.2, 0.25) is 5.91 Å². The van der Waals surface area contributed by atoms with Crippen molar-refractivity contribution in [3.8, 4) is 5.75 Å². The lowest BCUT2D eigenvalue weighted by atomic mass is 10.1. The first-order valence-corrected chi connectivity index (χ1v) is 11.8. The first kappa shape index (κ1) is 25.2. The van der Waals surface area contributed by atoms with Crippen LogP contribution in [0.5, 0.6) is 5.75 Å². The smallest absolute Gasteiger partial charge is 0.259 e. The van der Waals surface area contributed by atoms with Gasteiger partial charge in [-0.2, -0.15) is 0 Å². The van der Waals surface area contributed by atoms with Gasteiger partial charge in [-0.15, -0.1) is 0 Å². The standard InChI is InChI=1S/C26H26ClN5O4/c1-36-20-9-10-22(21(14-20)26(35)31-23-11-6-18(27)15-28-23)30-25(34)17-4-7-19(8-5-17)29-24(33)16-32-12-2-3-13-32/h4-11,14-15H,2-3,12-13,16H2,1H3,(H,29,33)(H,30,34)(H,28,31,35). The van der Waals surface area contributed by atoms with E-state index >= 15 is 0 Å². The molecule has 186 valence electrons. The third-order valence-corrected chi connectivity index (χ3v) is 5.91.